The molecular formula is C13H13ClN2O. The van der Waals surface area contributed by atoms with E-state index >= 15 is 0 Å². The third-order valence-corrected chi connectivity index (χ3v) is 2.74. The summed E-state index contributed by atoms with van der Waals surface area (Å²) in [5.41, 5.74) is 1.34. The molecule has 1 amide bonds. The van der Waals surface area contributed by atoms with E-state index in [0.29, 0.717) is 18.0 Å². The van der Waals surface area contributed by atoms with Gasteiger partial charge in [0.15, 0.2) is 0 Å². The predicted octanol–water partition coefficient (Wildman–Crippen LogP) is 2.59. The number of rotatable bonds is 4. The molecule has 1 N–H and O–H groups in total. The molecule has 2 rings (SSSR count). The molecule has 88 valence electrons. The molecule has 3 nitrogen and oxygen atoms in total. The lowest BCUT2D eigenvalue weighted by Gasteiger charge is -2.06. The van der Waals surface area contributed by atoms with E-state index in [1.165, 1.54) is 0 Å². The maximum absolute atomic E-state index is 11.9. The number of nitrogens with zero attached hydrogens (tertiary/aromatic N) is 1. The van der Waals surface area contributed by atoms with Crippen LogP contribution in [-0.2, 0) is 0 Å². The summed E-state index contributed by atoms with van der Waals surface area (Å²) < 4.78 is 0. The zero-order chi connectivity index (χ0) is 12.1. The van der Waals surface area contributed by atoms with E-state index < -0.39 is 0 Å². The first-order valence-electron chi connectivity index (χ1n) is 5.51. The number of hydrogen-bond acceptors (Lipinski definition) is 2. The third kappa shape index (κ3) is 2.74. The lowest BCUT2D eigenvalue weighted by atomic mass is 10.1. The summed E-state index contributed by atoms with van der Waals surface area (Å²) in [6.45, 7) is 0.589. The molecule has 0 atom stereocenters. The summed E-state index contributed by atoms with van der Waals surface area (Å²) in [4.78, 5) is 16.2. The number of alkyl halides is 1. The van der Waals surface area contributed by atoms with Crippen LogP contribution in [-0.4, -0.2) is 23.3 Å². The first-order valence-corrected chi connectivity index (χ1v) is 6.04. The lowest BCUT2D eigenvalue weighted by molar-refractivity contribution is 0.0955. The highest BCUT2D eigenvalue weighted by molar-refractivity contribution is 6.17. The Bertz CT molecular complexity index is 522. The van der Waals surface area contributed by atoms with E-state index in [9.17, 15) is 4.79 Å². The van der Waals surface area contributed by atoms with Gasteiger partial charge >= 0.3 is 0 Å². The monoisotopic (exact) mass is 248 g/mol. The number of aromatic nitrogens is 1. The Balaban J connectivity index is 2.26. The molecule has 17 heavy (non-hydrogen) atoms. The number of carbonyl (C=O) groups excluding carboxylic acids is 1. The fourth-order valence-electron chi connectivity index (χ4n) is 1.65. The minimum atomic E-state index is -0.0978. The van der Waals surface area contributed by atoms with Gasteiger partial charge in [-0.2, -0.15) is 0 Å². The SMILES string of the molecule is O=C(NCCCCl)c1cccc2cccnc12. The minimum absolute atomic E-state index is 0.0978. The summed E-state index contributed by atoms with van der Waals surface area (Å²) in [6, 6.07) is 9.39. The molecule has 0 saturated heterocycles. The van der Waals surface area contributed by atoms with Crippen molar-refractivity contribution in [2.75, 3.05) is 12.4 Å². The molecule has 0 unspecified atom stereocenters. The van der Waals surface area contributed by atoms with Gasteiger partial charge in [-0.3, -0.25) is 9.78 Å². The van der Waals surface area contributed by atoms with Crippen molar-refractivity contribution in [1.82, 2.24) is 10.3 Å². The van der Waals surface area contributed by atoms with Gasteiger partial charge < -0.3 is 5.32 Å². The molecule has 2 aromatic rings. The van der Waals surface area contributed by atoms with Gasteiger partial charge in [-0.15, -0.1) is 11.6 Å². The van der Waals surface area contributed by atoms with E-state index in [0.717, 1.165) is 17.3 Å². The number of nitrogens with one attached hydrogen (secondary N) is 1. The number of carbonyl (C=O) groups is 1. The molecule has 1 aromatic heterocycles. The standard InChI is InChI=1S/C13H13ClN2O/c14-7-3-9-16-13(17)11-6-1-4-10-5-2-8-15-12(10)11/h1-2,4-6,8H,3,7,9H2,(H,16,17). The first-order chi connectivity index (χ1) is 8.33. The first kappa shape index (κ1) is 11.9. The highest BCUT2D eigenvalue weighted by Crippen LogP contribution is 2.15. The number of fused-ring (bicyclic) bond motifs is 1. The van der Waals surface area contributed by atoms with Crippen molar-refractivity contribution in [1.29, 1.82) is 0 Å². The summed E-state index contributed by atoms with van der Waals surface area (Å²) in [5.74, 6) is 0.452. The molecule has 1 aromatic carbocycles. The van der Waals surface area contributed by atoms with Gasteiger partial charge in [-0.05, 0) is 18.6 Å². The summed E-state index contributed by atoms with van der Waals surface area (Å²) in [6.07, 6.45) is 2.46. The van der Waals surface area contributed by atoms with E-state index in [1.54, 1.807) is 12.3 Å². The molecule has 0 aliphatic rings. The Labute approximate surface area is 105 Å². The highest BCUT2D eigenvalue weighted by Gasteiger charge is 2.09. The predicted molar refractivity (Wildman–Crippen MR) is 69.4 cm³/mol. The van der Waals surface area contributed by atoms with Gasteiger partial charge in [0.25, 0.3) is 5.91 Å². The fourth-order valence-corrected chi connectivity index (χ4v) is 1.79. The number of pyridine rings is 1. The number of benzene rings is 1. The van der Waals surface area contributed by atoms with Crippen LogP contribution in [0.4, 0.5) is 0 Å². The van der Waals surface area contributed by atoms with Gasteiger partial charge in [0.1, 0.15) is 0 Å². The fraction of sp³-hybridized carbons (Fsp3) is 0.231. The Morgan fingerprint density at radius 3 is 2.94 bits per heavy atom. The Morgan fingerprint density at radius 1 is 1.29 bits per heavy atom. The van der Waals surface area contributed by atoms with Gasteiger partial charge in [0.2, 0.25) is 0 Å². The summed E-state index contributed by atoms with van der Waals surface area (Å²) in [7, 11) is 0. The van der Waals surface area contributed by atoms with Crippen LogP contribution >= 0.6 is 11.6 Å². The average molecular weight is 249 g/mol. The minimum Gasteiger partial charge on any atom is -0.352 e. The van der Waals surface area contributed by atoms with Crippen LogP contribution in [0.15, 0.2) is 36.5 Å². The molecule has 0 aliphatic heterocycles. The van der Waals surface area contributed by atoms with Crippen molar-refractivity contribution < 1.29 is 4.79 Å². The number of amides is 1. The topological polar surface area (TPSA) is 42.0 Å². The molecular weight excluding hydrogens is 236 g/mol. The Hall–Kier alpha value is -1.61. The number of hydrogen-bond donors (Lipinski definition) is 1. The van der Waals surface area contributed by atoms with E-state index in [1.807, 2.05) is 24.3 Å². The van der Waals surface area contributed by atoms with Crippen molar-refractivity contribution in [2.24, 2.45) is 0 Å². The van der Waals surface area contributed by atoms with Crippen LogP contribution in [0, 0.1) is 0 Å². The van der Waals surface area contributed by atoms with Gasteiger partial charge in [0.05, 0.1) is 11.1 Å². The van der Waals surface area contributed by atoms with Crippen molar-refractivity contribution >= 4 is 28.4 Å². The number of halogens is 1. The van der Waals surface area contributed by atoms with Crippen molar-refractivity contribution in [3.05, 3.63) is 42.1 Å². The van der Waals surface area contributed by atoms with Crippen molar-refractivity contribution in [3.63, 3.8) is 0 Å². The van der Waals surface area contributed by atoms with Crippen LogP contribution in [0.1, 0.15) is 16.8 Å². The van der Waals surface area contributed by atoms with Crippen molar-refractivity contribution in [2.45, 2.75) is 6.42 Å². The van der Waals surface area contributed by atoms with Crippen LogP contribution in [0.3, 0.4) is 0 Å². The second-order valence-electron chi connectivity index (χ2n) is 3.68. The second-order valence-corrected chi connectivity index (χ2v) is 4.06. The molecule has 1 heterocycles. The van der Waals surface area contributed by atoms with Gasteiger partial charge in [-0.1, -0.05) is 18.2 Å². The summed E-state index contributed by atoms with van der Waals surface area (Å²) in [5, 5.41) is 3.80. The summed E-state index contributed by atoms with van der Waals surface area (Å²) >= 11 is 5.56. The van der Waals surface area contributed by atoms with Crippen LogP contribution in [0.25, 0.3) is 10.9 Å². The van der Waals surface area contributed by atoms with Crippen molar-refractivity contribution in [3.8, 4) is 0 Å². The zero-order valence-corrected chi connectivity index (χ0v) is 10.1. The zero-order valence-electron chi connectivity index (χ0n) is 9.32. The molecule has 0 bridgehead atoms. The molecule has 0 spiro atoms. The van der Waals surface area contributed by atoms with E-state index in [-0.39, 0.29) is 5.91 Å². The third-order valence-electron chi connectivity index (χ3n) is 2.47. The highest BCUT2D eigenvalue weighted by atomic mass is 35.5. The van der Waals surface area contributed by atoms with Gasteiger partial charge in [-0.25, -0.2) is 0 Å². The normalized spacial score (nSPS) is 10.4. The molecule has 0 aliphatic carbocycles. The largest absolute Gasteiger partial charge is 0.352 e. The van der Waals surface area contributed by atoms with E-state index in [2.05, 4.69) is 10.3 Å². The second kappa shape index (κ2) is 5.64. The maximum atomic E-state index is 11.9. The number of para-hydroxylation sites is 1. The van der Waals surface area contributed by atoms with Crippen LogP contribution in [0.2, 0.25) is 0 Å². The lowest BCUT2D eigenvalue weighted by Crippen LogP contribution is -2.25. The van der Waals surface area contributed by atoms with Crippen LogP contribution in [0.5, 0.6) is 0 Å². The smallest absolute Gasteiger partial charge is 0.253 e. The van der Waals surface area contributed by atoms with Gasteiger partial charge in [0, 0.05) is 24.0 Å². The molecule has 0 radical (unpaired) electrons. The maximum Gasteiger partial charge on any atom is 0.253 e. The average Bonchev–Trinajstić information content (AvgIpc) is 2.38. The molecule has 0 saturated carbocycles. The Kier molecular flexibility index (Phi) is 3.94. The van der Waals surface area contributed by atoms with E-state index in [4.69, 9.17) is 11.6 Å². The molecule has 0 fully saturated rings. The molecule has 4 heteroatoms. The Morgan fingerprint density at radius 2 is 2.12 bits per heavy atom. The quantitative estimate of drug-likeness (QED) is 0.668. The van der Waals surface area contributed by atoms with Crippen LogP contribution < -0.4 is 5.32 Å².